The number of ether oxygens (including phenoxy) is 1. The van der Waals surface area contributed by atoms with Crippen molar-refractivity contribution in [2.24, 2.45) is 0 Å². The molecule has 0 bridgehead atoms. The highest BCUT2D eigenvalue weighted by Gasteiger charge is 2.26. The van der Waals surface area contributed by atoms with Crippen LogP contribution in [0.3, 0.4) is 0 Å². The molecule has 1 aliphatic carbocycles. The third-order valence-electron chi connectivity index (χ3n) is 3.80. The van der Waals surface area contributed by atoms with Crippen LogP contribution in [0.1, 0.15) is 37.7 Å². The molecule has 6 nitrogen and oxygen atoms in total. The van der Waals surface area contributed by atoms with Gasteiger partial charge in [-0.25, -0.2) is 0 Å². The number of nitro benzene ring substituents is 1. The lowest BCUT2D eigenvalue weighted by atomic mass is 10.1. The lowest BCUT2D eigenvalue weighted by Gasteiger charge is -2.22. The Balaban J connectivity index is 2.22. The van der Waals surface area contributed by atoms with Gasteiger partial charge in [-0.3, -0.25) is 10.1 Å². The van der Waals surface area contributed by atoms with Gasteiger partial charge in [-0.05, 0) is 37.9 Å². The van der Waals surface area contributed by atoms with Crippen LogP contribution in [0.25, 0.3) is 0 Å². The van der Waals surface area contributed by atoms with E-state index in [9.17, 15) is 15.2 Å². The van der Waals surface area contributed by atoms with E-state index in [2.05, 4.69) is 5.32 Å². The number of nitrogens with one attached hydrogen (secondary N) is 1. The van der Waals surface area contributed by atoms with Gasteiger partial charge in [-0.1, -0.05) is 18.9 Å². The molecule has 1 fully saturated rings. The van der Waals surface area contributed by atoms with Gasteiger partial charge in [0.15, 0.2) is 5.75 Å². The minimum atomic E-state index is -0.555. The van der Waals surface area contributed by atoms with Gasteiger partial charge in [0.25, 0.3) is 0 Å². The Labute approximate surface area is 124 Å². The van der Waals surface area contributed by atoms with E-state index in [1.54, 1.807) is 12.1 Å². The molecule has 0 radical (unpaired) electrons. The molecule has 6 heteroatoms. The lowest BCUT2D eigenvalue weighted by Crippen LogP contribution is -2.30. The SMILES string of the molecule is CNCc1ccc([N+](=O)[O-])c(OC2CCCCCC2O)c1. The molecule has 1 aromatic carbocycles. The van der Waals surface area contributed by atoms with Gasteiger partial charge >= 0.3 is 5.69 Å². The molecule has 0 spiro atoms. The normalized spacial score (nSPS) is 22.6. The first-order chi connectivity index (χ1) is 10.1. The van der Waals surface area contributed by atoms with Gasteiger partial charge in [0.1, 0.15) is 6.10 Å². The molecule has 2 N–H and O–H groups in total. The molecule has 0 heterocycles. The Morgan fingerprint density at radius 3 is 2.86 bits per heavy atom. The van der Waals surface area contributed by atoms with Crippen molar-refractivity contribution in [1.29, 1.82) is 0 Å². The summed E-state index contributed by atoms with van der Waals surface area (Å²) in [6.45, 7) is 0.613. The number of nitrogens with zero attached hydrogens (tertiary/aromatic N) is 1. The van der Waals surface area contributed by atoms with Gasteiger partial charge in [-0.2, -0.15) is 0 Å². The van der Waals surface area contributed by atoms with Gasteiger partial charge in [-0.15, -0.1) is 0 Å². The minimum absolute atomic E-state index is 0.0497. The molecule has 0 aliphatic heterocycles. The van der Waals surface area contributed by atoms with Crippen LogP contribution in [0.15, 0.2) is 18.2 Å². The van der Waals surface area contributed by atoms with Crippen LogP contribution in [0, 0.1) is 10.1 Å². The third-order valence-corrected chi connectivity index (χ3v) is 3.80. The summed E-state index contributed by atoms with van der Waals surface area (Å²) in [6.07, 6.45) is 3.52. The van der Waals surface area contributed by atoms with Crippen molar-refractivity contribution in [2.75, 3.05) is 7.05 Å². The average Bonchev–Trinajstić information content (AvgIpc) is 2.64. The number of hydrogen-bond donors (Lipinski definition) is 2. The fourth-order valence-corrected chi connectivity index (χ4v) is 2.67. The molecular formula is C15H22N2O4. The quantitative estimate of drug-likeness (QED) is 0.495. The minimum Gasteiger partial charge on any atom is -0.481 e. The molecule has 2 rings (SSSR count). The maximum atomic E-state index is 11.1. The van der Waals surface area contributed by atoms with E-state index in [1.165, 1.54) is 6.07 Å². The molecule has 116 valence electrons. The van der Waals surface area contributed by atoms with Crippen molar-refractivity contribution in [3.63, 3.8) is 0 Å². The number of rotatable bonds is 5. The summed E-state index contributed by atoms with van der Waals surface area (Å²) >= 11 is 0. The first-order valence-electron chi connectivity index (χ1n) is 7.38. The topological polar surface area (TPSA) is 84.6 Å². The van der Waals surface area contributed by atoms with Crippen molar-refractivity contribution in [3.05, 3.63) is 33.9 Å². The van der Waals surface area contributed by atoms with Gasteiger partial charge < -0.3 is 15.2 Å². The van der Waals surface area contributed by atoms with E-state index in [0.29, 0.717) is 13.0 Å². The Morgan fingerprint density at radius 1 is 1.38 bits per heavy atom. The predicted octanol–water partition coefficient (Wildman–Crippen LogP) is 2.39. The summed E-state index contributed by atoms with van der Waals surface area (Å²) in [7, 11) is 1.82. The zero-order chi connectivity index (χ0) is 15.2. The zero-order valence-corrected chi connectivity index (χ0v) is 12.2. The van der Waals surface area contributed by atoms with E-state index < -0.39 is 11.0 Å². The van der Waals surface area contributed by atoms with Crippen LogP contribution in [0.4, 0.5) is 5.69 Å². The van der Waals surface area contributed by atoms with Crippen LogP contribution >= 0.6 is 0 Å². The second kappa shape index (κ2) is 7.38. The van der Waals surface area contributed by atoms with Crippen molar-refractivity contribution >= 4 is 5.69 Å². The van der Waals surface area contributed by atoms with Crippen molar-refractivity contribution in [1.82, 2.24) is 5.32 Å². The van der Waals surface area contributed by atoms with E-state index in [1.807, 2.05) is 7.05 Å². The highest BCUT2D eigenvalue weighted by atomic mass is 16.6. The standard InChI is InChI=1S/C15H22N2O4/c1-16-10-11-7-8-12(17(19)20)15(9-11)21-14-6-4-2-3-5-13(14)18/h7-9,13-14,16,18H,2-6,10H2,1H3. The van der Waals surface area contributed by atoms with Crippen LogP contribution in [0.2, 0.25) is 0 Å². The number of aliphatic hydroxyl groups is 1. The van der Waals surface area contributed by atoms with Crippen molar-refractivity contribution in [2.45, 2.75) is 50.9 Å². The summed E-state index contributed by atoms with van der Waals surface area (Å²) in [5.74, 6) is 0.249. The average molecular weight is 294 g/mol. The van der Waals surface area contributed by atoms with Crippen molar-refractivity contribution in [3.8, 4) is 5.75 Å². The van der Waals surface area contributed by atoms with Crippen LogP contribution in [0.5, 0.6) is 5.75 Å². The molecule has 2 unspecified atom stereocenters. The summed E-state index contributed by atoms with van der Waals surface area (Å²) in [4.78, 5) is 10.7. The summed E-state index contributed by atoms with van der Waals surface area (Å²) in [5.41, 5.74) is 0.868. The first kappa shape index (κ1) is 15.7. The maximum absolute atomic E-state index is 11.1. The molecule has 2 atom stereocenters. The van der Waals surface area contributed by atoms with Crippen LogP contribution < -0.4 is 10.1 Å². The Hall–Kier alpha value is -1.66. The predicted molar refractivity (Wildman–Crippen MR) is 79.4 cm³/mol. The molecule has 1 aliphatic rings. The summed E-state index contributed by atoms with van der Waals surface area (Å²) in [6, 6.07) is 4.86. The molecule has 1 saturated carbocycles. The number of nitro groups is 1. The van der Waals surface area contributed by atoms with Crippen LogP contribution in [-0.2, 0) is 6.54 Å². The molecule has 0 amide bonds. The molecule has 0 saturated heterocycles. The maximum Gasteiger partial charge on any atom is 0.310 e. The number of benzene rings is 1. The Kier molecular flexibility index (Phi) is 5.52. The number of hydrogen-bond acceptors (Lipinski definition) is 5. The zero-order valence-electron chi connectivity index (χ0n) is 12.2. The third kappa shape index (κ3) is 4.15. The first-order valence-corrected chi connectivity index (χ1v) is 7.38. The smallest absolute Gasteiger partial charge is 0.310 e. The van der Waals surface area contributed by atoms with E-state index >= 15 is 0 Å². The van der Waals surface area contributed by atoms with E-state index in [0.717, 1.165) is 31.2 Å². The number of aliphatic hydroxyl groups excluding tert-OH is 1. The summed E-state index contributed by atoms with van der Waals surface area (Å²) < 4.78 is 5.81. The molecule has 0 aromatic heterocycles. The largest absolute Gasteiger partial charge is 0.481 e. The van der Waals surface area contributed by atoms with Crippen LogP contribution in [-0.4, -0.2) is 29.3 Å². The Morgan fingerprint density at radius 2 is 2.14 bits per heavy atom. The highest BCUT2D eigenvalue weighted by molar-refractivity contribution is 5.48. The van der Waals surface area contributed by atoms with Gasteiger partial charge in [0, 0.05) is 12.6 Å². The van der Waals surface area contributed by atoms with Crippen molar-refractivity contribution < 1.29 is 14.8 Å². The molecule has 21 heavy (non-hydrogen) atoms. The summed E-state index contributed by atoms with van der Waals surface area (Å²) in [5, 5.41) is 24.2. The Bertz CT molecular complexity index is 493. The van der Waals surface area contributed by atoms with Gasteiger partial charge in [0.05, 0.1) is 11.0 Å². The fraction of sp³-hybridized carbons (Fsp3) is 0.600. The fourth-order valence-electron chi connectivity index (χ4n) is 2.67. The second-order valence-corrected chi connectivity index (χ2v) is 5.45. The van der Waals surface area contributed by atoms with Gasteiger partial charge in [0.2, 0.25) is 0 Å². The monoisotopic (exact) mass is 294 g/mol. The van der Waals surface area contributed by atoms with E-state index in [-0.39, 0.29) is 17.5 Å². The highest BCUT2D eigenvalue weighted by Crippen LogP contribution is 2.31. The molecule has 1 aromatic rings. The molecular weight excluding hydrogens is 272 g/mol. The van der Waals surface area contributed by atoms with E-state index in [4.69, 9.17) is 4.74 Å². The second-order valence-electron chi connectivity index (χ2n) is 5.45. The lowest BCUT2D eigenvalue weighted by molar-refractivity contribution is -0.386.